The fourth-order valence-electron chi connectivity index (χ4n) is 2.70. The molecule has 0 saturated carbocycles. The Bertz CT molecular complexity index is 812. The number of rotatable bonds is 11. The van der Waals surface area contributed by atoms with Crippen molar-refractivity contribution in [2.24, 2.45) is 4.99 Å². The van der Waals surface area contributed by atoms with Gasteiger partial charge in [-0.15, -0.1) is 24.0 Å². The summed E-state index contributed by atoms with van der Waals surface area (Å²) < 4.78 is 16.9. The molecule has 1 aromatic heterocycles. The number of ether oxygens (including phenoxy) is 2. The molecule has 1 aromatic carbocycles. The van der Waals surface area contributed by atoms with E-state index in [-0.39, 0.29) is 36.2 Å². The van der Waals surface area contributed by atoms with E-state index in [2.05, 4.69) is 59.7 Å². The Labute approximate surface area is 202 Å². The normalized spacial score (nSPS) is 13.3. The molecular weight excluding hydrogens is 509 g/mol. The molecule has 0 aliphatic carbocycles. The first kappa shape index (κ1) is 27.2. The van der Waals surface area contributed by atoms with Gasteiger partial charge in [0.25, 0.3) is 0 Å². The van der Waals surface area contributed by atoms with Crippen LogP contribution in [0.2, 0.25) is 0 Å². The third-order valence-electron chi connectivity index (χ3n) is 4.55. The third-order valence-corrected chi connectivity index (χ3v) is 4.55. The van der Waals surface area contributed by atoms with E-state index < -0.39 is 0 Å². The zero-order chi connectivity index (χ0) is 21.9. The number of hydrogen-bond acceptors (Lipinski definition) is 6. The van der Waals surface area contributed by atoms with Crippen LogP contribution >= 0.6 is 24.0 Å². The van der Waals surface area contributed by atoms with Crippen molar-refractivity contribution < 1.29 is 14.0 Å². The van der Waals surface area contributed by atoms with Crippen LogP contribution < -0.4 is 15.4 Å². The second-order valence-corrected chi connectivity index (χ2v) is 7.14. The van der Waals surface area contributed by atoms with E-state index in [0.29, 0.717) is 37.4 Å². The molecule has 31 heavy (non-hydrogen) atoms. The van der Waals surface area contributed by atoms with Crippen molar-refractivity contribution in [1.29, 1.82) is 0 Å². The highest BCUT2D eigenvalue weighted by Crippen LogP contribution is 2.23. The van der Waals surface area contributed by atoms with Crippen LogP contribution in [0.25, 0.3) is 0 Å². The van der Waals surface area contributed by atoms with E-state index in [4.69, 9.17) is 19.0 Å². The molecule has 2 N–H and O–H groups in total. The summed E-state index contributed by atoms with van der Waals surface area (Å²) in [6.07, 6.45) is 0.918. The average molecular weight is 545 g/mol. The van der Waals surface area contributed by atoms with Crippen LogP contribution in [0.3, 0.4) is 0 Å². The molecule has 174 valence electrons. The van der Waals surface area contributed by atoms with Crippen LogP contribution in [0.5, 0.6) is 5.75 Å². The minimum absolute atomic E-state index is 0. The predicted octanol–water partition coefficient (Wildman–Crippen LogP) is 4.53. The maximum Gasteiger partial charge on any atom is 0.246 e. The summed E-state index contributed by atoms with van der Waals surface area (Å²) in [5, 5.41) is 10.5. The summed E-state index contributed by atoms with van der Waals surface area (Å²) in [7, 11) is 0. The van der Waals surface area contributed by atoms with Crippen molar-refractivity contribution in [2.75, 3.05) is 13.2 Å². The van der Waals surface area contributed by atoms with Gasteiger partial charge in [0.15, 0.2) is 11.8 Å². The average Bonchev–Trinajstić information content (AvgIpc) is 3.20. The number of aliphatic imine (C=N–C) groups is 1. The quantitative estimate of drug-likeness (QED) is 0.244. The van der Waals surface area contributed by atoms with Gasteiger partial charge in [0, 0.05) is 18.7 Å². The predicted molar refractivity (Wildman–Crippen MR) is 133 cm³/mol. The first-order valence-electron chi connectivity index (χ1n) is 10.7. The summed E-state index contributed by atoms with van der Waals surface area (Å²) in [4.78, 5) is 9.07. The summed E-state index contributed by atoms with van der Waals surface area (Å²) in [5.41, 5.74) is 2.21. The summed E-state index contributed by atoms with van der Waals surface area (Å²) >= 11 is 0. The number of aryl methyl sites for hydroxylation is 1. The molecule has 0 aliphatic heterocycles. The Morgan fingerprint density at radius 3 is 2.65 bits per heavy atom. The molecule has 0 radical (unpaired) electrons. The van der Waals surface area contributed by atoms with Crippen LogP contribution in [-0.4, -0.2) is 35.4 Å². The van der Waals surface area contributed by atoms with Crippen molar-refractivity contribution >= 4 is 29.9 Å². The first-order valence-corrected chi connectivity index (χ1v) is 10.7. The zero-order valence-electron chi connectivity index (χ0n) is 19.4. The van der Waals surface area contributed by atoms with E-state index in [9.17, 15) is 0 Å². The Morgan fingerprint density at radius 1 is 1.19 bits per heavy atom. The smallest absolute Gasteiger partial charge is 0.246 e. The van der Waals surface area contributed by atoms with Gasteiger partial charge in [0.05, 0.1) is 19.2 Å². The zero-order valence-corrected chi connectivity index (χ0v) is 21.7. The highest BCUT2D eigenvalue weighted by Gasteiger charge is 2.14. The van der Waals surface area contributed by atoms with Crippen molar-refractivity contribution in [3.05, 3.63) is 41.0 Å². The number of aromatic nitrogens is 2. The van der Waals surface area contributed by atoms with Crippen LogP contribution in [0.4, 0.5) is 0 Å². The number of hydrogen-bond donors (Lipinski definition) is 2. The van der Waals surface area contributed by atoms with Gasteiger partial charge in [-0.25, -0.2) is 4.99 Å². The molecular formula is C22H36IN5O3. The number of halogens is 1. The number of nitrogens with one attached hydrogen (secondary N) is 2. The lowest BCUT2D eigenvalue weighted by Gasteiger charge is -2.16. The second-order valence-electron chi connectivity index (χ2n) is 7.14. The van der Waals surface area contributed by atoms with Gasteiger partial charge in [-0.3, -0.25) is 0 Å². The summed E-state index contributed by atoms with van der Waals surface area (Å²) in [6, 6.07) is 6.21. The highest BCUT2D eigenvalue weighted by atomic mass is 127. The van der Waals surface area contributed by atoms with Crippen molar-refractivity contribution in [1.82, 2.24) is 20.8 Å². The van der Waals surface area contributed by atoms with Gasteiger partial charge in [-0.05, 0) is 52.7 Å². The molecule has 0 fully saturated rings. The van der Waals surface area contributed by atoms with Gasteiger partial charge in [0.2, 0.25) is 5.89 Å². The molecule has 2 unspecified atom stereocenters. The number of benzene rings is 1. The maximum atomic E-state index is 6.09. The monoisotopic (exact) mass is 545 g/mol. The summed E-state index contributed by atoms with van der Waals surface area (Å²) in [6.45, 7) is 14.3. The SMILES string of the molecule is CCNC(=NCc1ccc(C)cc1OC(C)CC)NCc1nc(C(C)OCC)no1.I. The molecule has 2 rings (SSSR count). The molecule has 1 heterocycles. The number of nitrogens with zero attached hydrogens (tertiary/aromatic N) is 3. The van der Waals surface area contributed by atoms with Gasteiger partial charge < -0.3 is 24.6 Å². The van der Waals surface area contributed by atoms with Crippen molar-refractivity contribution in [2.45, 2.75) is 73.3 Å². The van der Waals surface area contributed by atoms with E-state index in [0.717, 1.165) is 24.3 Å². The minimum Gasteiger partial charge on any atom is -0.490 e. The Morgan fingerprint density at radius 2 is 1.97 bits per heavy atom. The molecule has 0 spiro atoms. The topological polar surface area (TPSA) is 93.8 Å². The molecule has 0 bridgehead atoms. The maximum absolute atomic E-state index is 6.09. The summed E-state index contributed by atoms with van der Waals surface area (Å²) in [5.74, 6) is 2.58. The van der Waals surface area contributed by atoms with Gasteiger partial charge >= 0.3 is 0 Å². The van der Waals surface area contributed by atoms with Crippen molar-refractivity contribution in [3.8, 4) is 5.75 Å². The van der Waals surface area contributed by atoms with E-state index in [1.165, 1.54) is 5.56 Å². The third kappa shape index (κ3) is 9.02. The molecule has 2 atom stereocenters. The Kier molecular flexibility index (Phi) is 12.5. The lowest BCUT2D eigenvalue weighted by atomic mass is 10.1. The molecule has 0 saturated heterocycles. The molecule has 9 heteroatoms. The van der Waals surface area contributed by atoms with Gasteiger partial charge in [-0.1, -0.05) is 24.2 Å². The molecule has 2 aromatic rings. The largest absolute Gasteiger partial charge is 0.490 e. The van der Waals surface area contributed by atoms with E-state index in [1.54, 1.807) is 0 Å². The fraction of sp³-hybridized carbons (Fsp3) is 0.591. The van der Waals surface area contributed by atoms with Crippen LogP contribution in [0, 0.1) is 6.92 Å². The first-order chi connectivity index (χ1) is 14.5. The molecule has 8 nitrogen and oxygen atoms in total. The van der Waals surface area contributed by atoms with Crippen molar-refractivity contribution in [3.63, 3.8) is 0 Å². The Hall–Kier alpha value is -1.88. The van der Waals surface area contributed by atoms with Crippen LogP contribution in [0.1, 0.15) is 70.0 Å². The van der Waals surface area contributed by atoms with Gasteiger partial charge in [-0.2, -0.15) is 4.98 Å². The van der Waals surface area contributed by atoms with E-state index in [1.807, 2.05) is 20.8 Å². The number of guanidine groups is 1. The molecule has 0 amide bonds. The second kappa shape index (κ2) is 14.2. The van der Waals surface area contributed by atoms with Crippen LogP contribution in [-0.2, 0) is 17.8 Å². The van der Waals surface area contributed by atoms with Gasteiger partial charge in [0.1, 0.15) is 11.9 Å². The minimum atomic E-state index is -0.195. The molecule has 0 aliphatic rings. The van der Waals surface area contributed by atoms with E-state index >= 15 is 0 Å². The van der Waals surface area contributed by atoms with Crippen LogP contribution in [0.15, 0.2) is 27.7 Å². The standard InChI is InChI=1S/C22H35N5O3.HI/c1-7-16(5)29-19-12-15(4)10-11-18(19)13-24-22(23-8-2)25-14-20-26-21(27-30-20)17(6)28-9-3;/h10-12,16-17H,7-9,13-14H2,1-6H3,(H2,23,24,25);1H. The lowest BCUT2D eigenvalue weighted by molar-refractivity contribution is 0.0683. The Balaban J connectivity index is 0.00000480. The fourth-order valence-corrected chi connectivity index (χ4v) is 2.70. The lowest BCUT2D eigenvalue weighted by Crippen LogP contribution is -2.36. The highest BCUT2D eigenvalue weighted by molar-refractivity contribution is 14.0.